The summed E-state index contributed by atoms with van der Waals surface area (Å²) in [7, 11) is 0. The van der Waals surface area contributed by atoms with Gasteiger partial charge in [-0.2, -0.15) is 5.26 Å². The zero-order chi connectivity index (χ0) is 18.5. The van der Waals surface area contributed by atoms with E-state index < -0.39 is 0 Å². The number of benzene rings is 1. The van der Waals surface area contributed by atoms with Gasteiger partial charge in [-0.1, -0.05) is 29.8 Å². The van der Waals surface area contributed by atoms with Crippen LogP contribution in [0.1, 0.15) is 36.9 Å². The lowest BCUT2D eigenvalue weighted by Crippen LogP contribution is -2.35. The van der Waals surface area contributed by atoms with Crippen molar-refractivity contribution in [2.24, 2.45) is 0 Å². The Bertz CT molecular complexity index is 824. The Morgan fingerprint density at radius 1 is 1.15 bits per heavy atom. The fourth-order valence-corrected chi connectivity index (χ4v) is 3.29. The number of hydrogen-bond acceptors (Lipinski definition) is 5. The molecular formula is C19H18Cl2N4O. The SMILES string of the molecule is C=C(N[C@H]1CC[C@H](Oc2ccc(C#N)c(Cl)c2)CC1)c1ccc(Cl)nn1. The van der Waals surface area contributed by atoms with Gasteiger partial charge in [0, 0.05) is 12.1 Å². The first-order valence-corrected chi connectivity index (χ1v) is 9.12. The summed E-state index contributed by atoms with van der Waals surface area (Å²) in [6.45, 7) is 4.03. The second kappa shape index (κ2) is 8.39. The highest BCUT2D eigenvalue weighted by Gasteiger charge is 2.23. The Labute approximate surface area is 162 Å². The van der Waals surface area contributed by atoms with Gasteiger partial charge in [0.05, 0.1) is 22.4 Å². The van der Waals surface area contributed by atoms with Crippen molar-refractivity contribution in [1.29, 1.82) is 5.26 Å². The Morgan fingerprint density at radius 3 is 2.54 bits per heavy atom. The maximum absolute atomic E-state index is 8.92. The Balaban J connectivity index is 1.49. The molecule has 2 aromatic rings. The van der Waals surface area contributed by atoms with E-state index in [-0.39, 0.29) is 6.10 Å². The minimum Gasteiger partial charge on any atom is -0.490 e. The summed E-state index contributed by atoms with van der Waals surface area (Å²) in [6, 6.07) is 11.0. The van der Waals surface area contributed by atoms with Crippen LogP contribution in [0.25, 0.3) is 5.70 Å². The van der Waals surface area contributed by atoms with E-state index in [1.165, 1.54) is 0 Å². The lowest BCUT2D eigenvalue weighted by Gasteiger charge is -2.30. The zero-order valence-corrected chi connectivity index (χ0v) is 15.6. The molecule has 1 aliphatic rings. The van der Waals surface area contributed by atoms with E-state index in [0.29, 0.717) is 33.2 Å². The van der Waals surface area contributed by atoms with Crippen LogP contribution in [-0.2, 0) is 0 Å². The van der Waals surface area contributed by atoms with Crippen LogP contribution in [0, 0.1) is 11.3 Å². The molecule has 0 aliphatic heterocycles. The standard InChI is InChI=1S/C19H18Cl2N4O/c1-12(18-8-9-19(21)25-24-18)23-14-3-6-15(7-4-14)26-16-5-2-13(11-22)17(20)10-16/h2,5,8-10,14-15,23H,1,3-4,6-7H2/t14-,15-. The predicted molar refractivity (Wildman–Crippen MR) is 102 cm³/mol. The van der Waals surface area contributed by atoms with E-state index in [4.69, 9.17) is 33.2 Å². The summed E-state index contributed by atoms with van der Waals surface area (Å²) in [5.74, 6) is 0.700. The first-order chi connectivity index (χ1) is 12.5. The number of aromatic nitrogens is 2. The van der Waals surface area contributed by atoms with Gasteiger partial charge in [-0.05, 0) is 49.9 Å². The molecule has 0 bridgehead atoms. The fourth-order valence-electron chi connectivity index (χ4n) is 2.97. The van der Waals surface area contributed by atoms with Crippen LogP contribution in [0.3, 0.4) is 0 Å². The molecule has 0 radical (unpaired) electrons. The molecule has 0 atom stereocenters. The number of nitrogens with zero attached hydrogens (tertiary/aromatic N) is 3. The summed E-state index contributed by atoms with van der Waals surface area (Å²) in [5, 5.41) is 21.0. The third kappa shape index (κ3) is 4.66. The van der Waals surface area contributed by atoms with Gasteiger partial charge in [-0.15, -0.1) is 10.2 Å². The van der Waals surface area contributed by atoms with E-state index in [0.717, 1.165) is 31.4 Å². The van der Waals surface area contributed by atoms with Gasteiger partial charge in [0.1, 0.15) is 17.5 Å². The third-order valence-electron chi connectivity index (χ3n) is 4.36. The van der Waals surface area contributed by atoms with E-state index in [1.807, 2.05) is 6.07 Å². The highest BCUT2D eigenvalue weighted by molar-refractivity contribution is 6.31. The van der Waals surface area contributed by atoms with Crippen LogP contribution in [0.2, 0.25) is 10.2 Å². The molecule has 1 heterocycles. The van der Waals surface area contributed by atoms with Gasteiger partial charge >= 0.3 is 0 Å². The summed E-state index contributed by atoms with van der Waals surface area (Å²) < 4.78 is 6.01. The van der Waals surface area contributed by atoms with Gasteiger partial charge in [0.15, 0.2) is 5.15 Å². The zero-order valence-electron chi connectivity index (χ0n) is 14.1. The average molecular weight is 389 g/mol. The van der Waals surface area contributed by atoms with E-state index in [2.05, 4.69) is 22.1 Å². The molecule has 1 saturated carbocycles. The molecule has 1 aromatic heterocycles. The number of nitriles is 1. The molecule has 1 aromatic carbocycles. The lowest BCUT2D eigenvalue weighted by molar-refractivity contribution is 0.143. The number of ether oxygens (including phenoxy) is 1. The van der Waals surface area contributed by atoms with Crippen LogP contribution in [0.4, 0.5) is 0 Å². The quantitative estimate of drug-likeness (QED) is 0.809. The maximum atomic E-state index is 8.92. The van der Waals surface area contributed by atoms with Gasteiger partial charge in [0.25, 0.3) is 0 Å². The molecule has 0 unspecified atom stereocenters. The van der Waals surface area contributed by atoms with Gasteiger partial charge in [-0.3, -0.25) is 0 Å². The Hall–Kier alpha value is -2.29. The maximum Gasteiger partial charge on any atom is 0.151 e. The summed E-state index contributed by atoms with van der Waals surface area (Å²) in [6.07, 6.45) is 3.92. The van der Waals surface area contributed by atoms with Crippen LogP contribution < -0.4 is 10.1 Å². The number of rotatable bonds is 5. The van der Waals surface area contributed by atoms with Gasteiger partial charge < -0.3 is 10.1 Å². The molecule has 0 amide bonds. The fraction of sp³-hybridized carbons (Fsp3) is 0.316. The van der Waals surface area contributed by atoms with Crippen LogP contribution in [0.15, 0.2) is 36.9 Å². The van der Waals surface area contributed by atoms with Crippen molar-refractivity contribution in [3.63, 3.8) is 0 Å². The molecule has 3 rings (SSSR count). The first-order valence-electron chi connectivity index (χ1n) is 8.36. The number of nitrogens with one attached hydrogen (secondary N) is 1. The summed E-state index contributed by atoms with van der Waals surface area (Å²) >= 11 is 11.8. The molecular weight excluding hydrogens is 371 g/mol. The molecule has 1 N–H and O–H groups in total. The van der Waals surface area contributed by atoms with E-state index in [9.17, 15) is 0 Å². The first kappa shape index (κ1) is 18.5. The largest absolute Gasteiger partial charge is 0.490 e. The molecule has 5 nitrogen and oxygen atoms in total. The smallest absolute Gasteiger partial charge is 0.151 e. The van der Waals surface area contributed by atoms with Crippen molar-refractivity contribution in [3.8, 4) is 11.8 Å². The molecule has 26 heavy (non-hydrogen) atoms. The predicted octanol–water partition coefficient (Wildman–Crippen LogP) is 4.61. The summed E-state index contributed by atoms with van der Waals surface area (Å²) in [4.78, 5) is 0. The Morgan fingerprint density at radius 2 is 1.92 bits per heavy atom. The van der Waals surface area contributed by atoms with Crippen molar-refractivity contribution in [1.82, 2.24) is 15.5 Å². The molecule has 0 spiro atoms. The molecule has 7 heteroatoms. The van der Waals surface area contributed by atoms with Crippen LogP contribution in [0.5, 0.6) is 5.75 Å². The minimum absolute atomic E-state index is 0.139. The van der Waals surface area contributed by atoms with Crippen LogP contribution in [-0.4, -0.2) is 22.3 Å². The van der Waals surface area contributed by atoms with Crippen molar-refractivity contribution >= 4 is 28.9 Å². The van der Waals surface area contributed by atoms with Gasteiger partial charge in [-0.25, -0.2) is 0 Å². The third-order valence-corrected chi connectivity index (χ3v) is 4.87. The molecule has 134 valence electrons. The minimum atomic E-state index is 0.139. The second-order valence-electron chi connectivity index (χ2n) is 6.21. The highest BCUT2D eigenvalue weighted by atomic mass is 35.5. The monoisotopic (exact) mass is 388 g/mol. The van der Waals surface area contributed by atoms with Gasteiger partial charge in [0.2, 0.25) is 0 Å². The van der Waals surface area contributed by atoms with E-state index >= 15 is 0 Å². The summed E-state index contributed by atoms with van der Waals surface area (Å²) in [5.41, 5.74) is 1.90. The second-order valence-corrected chi connectivity index (χ2v) is 7.00. The number of hydrogen-bond donors (Lipinski definition) is 1. The highest BCUT2D eigenvalue weighted by Crippen LogP contribution is 2.27. The average Bonchev–Trinajstić information content (AvgIpc) is 2.64. The van der Waals surface area contributed by atoms with Crippen molar-refractivity contribution in [3.05, 3.63) is 58.3 Å². The molecule has 1 fully saturated rings. The lowest BCUT2D eigenvalue weighted by atomic mass is 9.92. The van der Waals surface area contributed by atoms with E-state index in [1.54, 1.807) is 30.3 Å². The Kier molecular flexibility index (Phi) is 5.97. The van der Waals surface area contributed by atoms with Crippen molar-refractivity contribution in [2.45, 2.75) is 37.8 Å². The van der Waals surface area contributed by atoms with Crippen molar-refractivity contribution < 1.29 is 4.74 Å². The van der Waals surface area contributed by atoms with Crippen LogP contribution >= 0.6 is 23.2 Å². The normalized spacial score (nSPS) is 19.4. The number of halogens is 2. The molecule has 0 saturated heterocycles. The van der Waals surface area contributed by atoms with Crippen molar-refractivity contribution in [2.75, 3.05) is 0 Å². The molecule has 1 aliphatic carbocycles. The topological polar surface area (TPSA) is 70.8 Å².